The van der Waals surface area contributed by atoms with E-state index in [0.29, 0.717) is 30.0 Å². The van der Waals surface area contributed by atoms with Crippen molar-refractivity contribution in [1.82, 2.24) is 4.90 Å². The maximum atomic E-state index is 11.5. The number of hydrogen-bond acceptors (Lipinski definition) is 4. The van der Waals surface area contributed by atoms with Crippen LogP contribution in [0.1, 0.15) is 32.1 Å². The van der Waals surface area contributed by atoms with Gasteiger partial charge in [0.25, 0.3) is 0 Å². The molecule has 1 heterocycles. The SMILES string of the molecule is NC1CCCC(CN2CCCS(=O)(=O)CC2)C1. The van der Waals surface area contributed by atoms with Crippen LogP contribution in [0.4, 0.5) is 0 Å². The Morgan fingerprint density at radius 2 is 1.94 bits per heavy atom. The fourth-order valence-electron chi connectivity index (χ4n) is 3.04. The maximum absolute atomic E-state index is 11.5. The molecule has 0 aromatic rings. The molecule has 1 saturated heterocycles. The van der Waals surface area contributed by atoms with Gasteiger partial charge in [0.15, 0.2) is 9.84 Å². The molecule has 5 heteroatoms. The highest BCUT2D eigenvalue weighted by molar-refractivity contribution is 7.91. The second kappa shape index (κ2) is 5.67. The van der Waals surface area contributed by atoms with Gasteiger partial charge < -0.3 is 10.6 Å². The zero-order valence-corrected chi connectivity index (χ0v) is 11.3. The Kier molecular flexibility index (Phi) is 4.44. The first-order valence-electron chi connectivity index (χ1n) is 6.73. The Bertz CT molecular complexity index is 342. The molecule has 2 fully saturated rings. The molecule has 2 aliphatic rings. The van der Waals surface area contributed by atoms with Crippen LogP contribution in [0, 0.1) is 5.92 Å². The van der Waals surface area contributed by atoms with Crippen LogP contribution >= 0.6 is 0 Å². The molecule has 2 atom stereocenters. The average molecular weight is 260 g/mol. The molecule has 17 heavy (non-hydrogen) atoms. The number of nitrogens with two attached hydrogens (primary N) is 1. The molecule has 0 radical (unpaired) electrons. The topological polar surface area (TPSA) is 63.4 Å². The lowest BCUT2D eigenvalue weighted by Gasteiger charge is -2.31. The quantitative estimate of drug-likeness (QED) is 0.791. The van der Waals surface area contributed by atoms with Crippen LogP contribution in [0.15, 0.2) is 0 Å². The van der Waals surface area contributed by atoms with Crippen LogP contribution in [0.2, 0.25) is 0 Å². The first-order valence-corrected chi connectivity index (χ1v) is 8.56. The van der Waals surface area contributed by atoms with Gasteiger partial charge in [-0.1, -0.05) is 6.42 Å². The molecule has 1 aliphatic carbocycles. The van der Waals surface area contributed by atoms with E-state index in [1.165, 1.54) is 12.8 Å². The summed E-state index contributed by atoms with van der Waals surface area (Å²) in [5.74, 6) is 1.39. The van der Waals surface area contributed by atoms with Crippen molar-refractivity contribution in [1.29, 1.82) is 0 Å². The molecule has 2 unspecified atom stereocenters. The molecule has 100 valence electrons. The lowest BCUT2D eigenvalue weighted by molar-refractivity contribution is 0.202. The zero-order valence-electron chi connectivity index (χ0n) is 10.5. The lowest BCUT2D eigenvalue weighted by Crippen LogP contribution is -2.37. The van der Waals surface area contributed by atoms with Gasteiger partial charge >= 0.3 is 0 Å². The Morgan fingerprint density at radius 1 is 1.12 bits per heavy atom. The number of rotatable bonds is 2. The summed E-state index contributed by atoms with van der Waals surface area (Å²) in [6, 6.07) is 0.365. The van der Waals surface area contributed by atoms with Gasteiger partial charge in [-0.15, -0.1) is 0 Å². The molecule has 2 N–H and O–H groups in total. The summed E-state index contributed by atoms with van der Waals surface area (Å²) in [6.07, 6.45) is 5.56. The zero-order chi connectivity index (χ0) is 12.3. The first-order chi connectivity index (χ1) is 8.05. The van der Waals surface area contributed by atoms with E-state index in [1.807, 2.05) is 0 Å². The minimum absolute atomic E-state index is 0.339. The molecule has 0 amide bonds. The van der Waals surface area contributed by atoms with Gasteiger partial charge in [-0.25, -0.2) is 8.42 Å². The Morgan fingerprint density at radius 3 is 2.71 bits per heavy atom. The fraction of sp³-hybridized carbons (Fsp3) is 1.00. The van der Waals surface area contributed by atoms with Crippen LogP contribution < -0.4 is 5.73 Å². The molecule has 4 nitrogen and oxygen atoms in total. The second-order valence-electron chi connectivity index (χ2n) is 5.60. The lowest BCUT2D eigenvalue weighted by atomic mass is 9.86. The summed E-state index contributed by atoms with van der Waals surface area (Å²) in [5, 5.41) is 0. The van der Waals surface area contributed by atoms with Crippen LogP contribution in [0.5, 0.6) is 0 Å². The van der Waals surface area contributed by atoms with Gasteiger partial charge in [0, 0.05) is 19.1 Å². The van der Waals surface area contributed by atoms with E-state index in [-0.39, 0.29) is 0 Å². The predicted molar refractivity (Wildman–Crippen MR) is 69.6 cm³/mol. The summed E-state index contributed by atoms with van der Waals surface area (Å²) in [5.41, 5.74) is 5.99. The van der Waals surface area contributed by atoms with Gasteiger partial charge in [-0.3, -0.25) is 0 Å². The highest BCUT2D eigenvalue weighted by Gasteiger charge is 2.24. The summed E-state index contributed by atoms with van der Waals surface area (Å²) >= 11 is 0. The molecule has 0 bridgehead atoms. The average Bonchev–Trinajstić information content (AvgIpc) is 2.41. The number of nitrogens with zero attached hydrogens (tertiary/aromatic N) is 1. The van der Waals surface area contributed by atoms with Crippen LogP contribution in [-0.2, 0) is 9.84 Å². The minimum Gasteiger partial charge on any atom is -0.328 e. The maximum Gasteiger partial charge on any atom is 0.151 e. The van der Waals surface area contributed by atoms with Crippen molar-refractivity contribution in [2.45, 2.75) is 38.1 Å². The Balaban J connectivity index is 1.82. The van der Waals surface area contributed by atoms with E-state index in [0.717, 1.165) is 32.4 Å². The molecule has 1 aliphatic heterocycles. The van der Waals surface area contributed by atoms with Crippen molar-refractivity contribution < 1.29 is 8.42 Å². The molecule has 0 spiro atoms. The molecule has 0 aromatic heterocycles. The summed E-state index contributed by atoms with van der Waals surface area (Å²) in [6.45, 7) is 2.70. The largest absolute Gasteiger partial charge is 0.328 e. The third kappa shape index (κ3) is 4.23. The normalized spacial score (nSPS) is 35.4. The fourth-order valence-corrected chi connectivity index (χ4v) is 4.35. The minimum atomic E-state index is -2.77. The van der Waals surface area contributed by atoms with E-state index in [2.05, 4.69) is 4.90 Å². The third-order valence-electron chi connectivity index (χ3n) is 3.99. The third-order valence-corrected chi connectivity index (χ3v) is 5.70. The summed E-state index contributed by atoms with van der Waals surface area (Å²) in [4.78, 5) is 2.33. The van der Waals surface area contributed by atoms with Crippen molar-refractivity contribution in [2.24, 2.45) is 11.7 Å². The van der Waals surface area contributed by atoms with E-state index < -0.39 is 9.84 Å². The number of sulfone groups is 1. The van der Waals surface area contributed by atoms with Crippen molar-refractivity contribution in [2.75, 3.05) is 31.1 Å². The van der Waals surface area contributed by atoms with Crippen molar-refractivity contribution in [3.05, 3.63) is 0 Å². The van der Waals surface area contributed by atoms with Crippen LogP contribution in [0.3, 0.4) is 0 Å². The molecule has 0 aromatic carbocycles. The Labute approximate surface area is 104 Å². The highest BCUT2D eigenvalue weighted by atomic mass is 32.2. The summed E-state index contributed by atoms with van der Waals surface area (Å²) in [7, 11) is -2.77. The van der Waals surface area contributed by atoms with Crippen molar-refractivity contribution >= 4 is 9.84 Å². The van der Waals surface area contributed by atoms with Gasteiger partial charge in [-0.05, 0) is 38.1 Å². The van der Waals surface area contributed by atoms with Gasteiger partial charge in [0.05, 0.1) is 11.5 Å². The van der Waals surface area contributed by atoms with Gasteiger partial charge in [0.1, 0.15) is 0 Å². The van der Waals surface area contributed by atoms with Crippen LogP contribution in [0.25, 0.3) is 0 Å². The first kappa shape index (κ1) is 13.3. The van der Waals surface area contributed by atoms with Gasteiger partial charge in [-0.2, -0.15) is 0 Å². The van der Waals surface area contributed by atoms with E-state index in [1.54, 1.807) is 0 Å². The monoisotopic (exact) mass is 260 g/mol. The van der Waals surface area contributed by atoms with E-state index in [4.69, 9.17) is 5.73 Å². The van der Waals surface area contributed by atoms with Crippen LogP contribution in [-0.4, -0.2) is 50.5 Å². The summed E-state index contributed by atoms with van der Waals surface area (Å²) < 4.78 is 23.0. The standard InChI is InChI=1S/C12H24N2O2S/c13-12-4-1-3-11(9-12)10-14-5-2-7-17(15,16)8-6-14/h11-12H,1-10,13H2. The molecule has 1 saturated carbocycles. The second-order valence-corrected chi connectivity index (χ2v) is 7.90. The molecular weight excluding hydrogens is 236 g/mol. The predicted octanol–water partition coefficient (Wildman–Crippen LogP) is 0.624. The van der Waals surface area contributed by atoms with E-state index in [9.17, 15) is 8.42 Å². The van der Waals surface area contributed by atoms with E-state index >= 15 is 0 Å². The smallest absolute Gasteiger partial charge is 0.151 e. The van der Waals surface area contributed by atoms with Gasteiger partial charge in [0.2, 0.25) is 0 Å². The Hall–Kier alpha value is -0.130. The highest BCUT2D eigenvalue weighted by Crippen LogP contribution is 2.24. The van der Waals surface area contributed by atoms with Crippen molar-refractivity contribution in [3.8, 4) is 0 Å². The number of hydrogen-bond donors (Lipinski definition) is 1. The molecular formula is C12H24N2O2S. The van der Waals surface area contributed by atoms with Crippen molar-refractivity contribution in [3.63, 3.8) is 0 Å². The molecule has 2 rings (SSSR count).